The quantitative estimate of drug-likeness (QED) is 0.708. The summed E-state index contributed by atoms with van der Waals surface area (Å²) in [5.41, 5.74) is 0. The van der Waals surface area contributed by atoms with E-state index in [2.05, 4.69) is 41.6 Å². The van der Waals surface area contributed by atoms with Crippen molar-refractivity contribution in [3.8, 4) is 0 Å². The van der Waals surface area contributed by atoms with Crippen LogP contribution in [0.25, 0.3) is 0 Å². The lowest BCUT2D eigenvalue weighted by atomic mass is 10.3. The fraction of sp³-hybridized carbons (Fsp3) is 0.500. The average Bonchev–Trinajstić information content (AvgIpc) is 2.29. The number of methoxy groups -OCH3 is 1. The van der Waals surface area contributed by atoms with E-state index >= 15 is 0 Å². The Balaban J connectivity index is 2.55. The standard InChI is InChI=1S/C10H14Br2N2O3S/c1-17-7-8(11)2-3-14-18(15,16)10-4-9(12)5-13-6-10/h4-6,8,14H,2-3,7H2,1H3. The smallest absolute Gasteiger partial charge is 0.242 e. The maximum atomic E-state index is 11.9. The van der Waals surface area contributed by atoms with E-state index in [4.69, 9.17) is 4.74 Å². The van der Waals surface area contributed by atoms with Crippen molar-refractivity contribution in [2.75, 3.05) is 20.3 Å². The summed E-state index contributed by atoms with van der Waals surface area (Å²) in [5.74, 6) is 0. The van der Waals surface area contributed by atoms with Crippen LogP contribution in [0.4, 0.5) is 0 Å². The van der Waals surface area contributed by atoms with Gasteiger partial charge >= 0.3 is 0 Å². The first-order chi connectivity index (χ1) is 8.45. The summed E-state index contributed by atoms with van der Waals surface area (Å²) in [4.78, 5) is 4.11. The molecule has 0 amide bonds. The molecule has 102 valence electrons. The summed E-state index contributed by atoms with van der Waals surface area (Å²) in [7, 11) is -1.89. The predicted octanol–water partition coefficient (Wildman–Crippen LogP) is 1.92. The van der Waals surface area contributed by atoms with Crippen LogP contribution < -0.4 is 4.72 Å². The Morgan fingerprint density at radius 2 is 2.22 bits per heavy atom. The van der Waals surface area contributed by atoms with Crippen LogP contribution in [-0.4, -0.2) is 38.5 Å². The molecule has 1 aromatic heterocycles. The highest BCUT2D eigenvalue weighted by Crippen LogP contribution is 2.14. The third-order valence-corrected chi connectivity index (χ3v) is 4.67. The number of hydrogen-bond acceptors (Lipinski definition) is 4. The van der Waals surface area contributed by atoms with E-state index in [1.54, 1.807) is 7.11 Å². The molecule has 0 fully saturated rings. The van der Waals surface area contributed by atoms with Crippen molar-refractivity contribution in [1.29, 1.82) is 0 Å². The van der Waals surface area contributed by atoms with E-state index in [0.717, 1.165) is 0 Å². The molecule has 8 heteroatoms. The van der Waals surface area contributed by atoms with Gasteiger partial charge in [0.2, 0.25) is 10.0 Å². The molecule has 5 nitrogen and oxygen atoms in total. The number of sulfonamides is 1. The van der Waals surface area contributed by atoms with Crippen LogP contribution in [0.5, 0.6) is 0 Å². The first-order valence-electron chi connectivity index (χ1n) is 5.19. The van der Waals surface area contributed by atoms with Crippen molar-refractivity contribution < 1.29 is 13.2 Å². The molecular formula is C10H14Br2N2O3S. The van der Waals surface area contributed by atoms with Crippen LogP contribution in [0.15, 0.2) is 27.8 Å². The van der Waals surface area contributed by atoms with Crippen molar-refractivity contribution >= 4 is 41.9 Å². The fourth-order valence-corrected chi connectivity index (χ4v) is 3.28. The van der Waals surface area contributed by atoms with E-state index in [9.17, 15) is 8.42 Å². The molecule has 0 saturated carbocycles. The van der Waals surface area contributed by atoms with Crippen molar-refractivity contribution in [3.63, 3.8) is 0 Å². The van der Waals surface area contributed by atoms with Crippen molar-refractivity contribution in [2.24, 2.45) is 0 Å². The molecule has 1 heterocycles. The molecule has 0 aliphatic rings. The van der Waals surface area contributed by atoms with Crippen molar-refractivity contribution in [3.05, 3.63) is 22.9 Å². The van der Waals surface area contributed by atoms with Crippen molar-refractivity contribution in [2.45, 2.75) is 16.1 Å². The lowest BCUT2D eigenvalue weighted by Crippen LogP contribution is -2.27. The molecule has 1 aromatic rings. The van der Waals surface area contributed by atoms with E-state index in [1.807, 2.05) is 0 Å². The molecule has 0 saturated heterocycles. The van der Waals surface area contributed by atoms with E-state index in [0.29, 0.717) is 24.0 Å². The van der Waals surface area contributed by atoms with Crippen LogP contribution in [0.2, 0.25) is 0 Å². The molecule has 18 heavy (non-hydrogen) atoms. The Bertz CT molecular complexity index is 482. The molecule has 0 bridgehead atoms. The fourth-order valence-electron chi connectivity index (χ4n) is 1.24. The summed E-state index contributed by atoms with van der Waals surface area (Å²) in [6.07, 6.45) is 3.49. The van der Waals surface area contributed by atoms with Crippen LogP contribution in [0.3, 0.4) is 0 Å². The monoisotopic (exact) mass is 400 g/mol. The predicted molar refractivity (Wildman–Crippen MR) is 76.3 cm³/mol. The maximum absolute atomic E-state index is 11.9. The Morgan fingerprint density at radius 3 is 2.83 bits per heavy atom. The molecule has 1 N–H and O–H groups in total. The second-order valence-corrected chi connectivity index (χ2v) is 7.56. The second-order valence-electron chi connectivity index (χ2n) is 3.58. The molecule has 0 spiro atoms. The van der Waals surface area contributed by atoms with Gasteiger partial charge in [-0.15, -0.1) is 0 Å². The minimum atomic E-state index is -3.50. The maximum Gasteiger partial charge on any atom is 0.242 e. The van der Waals surface area contributed by atoms with Crippen LogP contribution in [0, 0.1) is 0 Å². The molecule has 0 radical (unpaired) electrons. The summed E-state index contributed by atoms with van der Waals surface area (Å²) in [6.45, 7) is 0.883. The molecule has 1 rings (SSSR count). The van der Waals surface area contributed by atoms with E-state index in [-0.39, 0.29) is 9.72 Å². The van der Waals surface area contributed by atoms with Gasteiger partial charge in [0, 0.05) is 35.3 Å². The Labute approximate surface area is 124 Å². The van der Waals surface area contributed by atoms with Gasteiger partial charge in [-0.1, -0.05) is 15.9 Å². The summed E-state index contributed by atoms with van der Waals surface area (Å²) in [5, 5.41) is 0. The Morgan fingerprint density at radius 1 is 1.50 bits per heavy atom. The van der Waals surface area contributed by atoms with Gasteiger partial charge in [-0.3, -0.25) is 4.98 Å². The minimum absolute atomic E-state index is 0.130. The number of rotatable bonds is 7. The zero-order chi connectivity index (χ0) is 13.6. The van der Waals surface area contributed by atoms with Crippen LogP contribution in [-0.2, 0) is 14.8 Å². The highest BCUT2D eigenvalue weighted by atomic mass is 79.9. The van der Waals surface area contributed by atoms with E-state index in [1.165, 1.54) is 18.5 Å². The van der Waals surface area contributed by atoms with Crippen molar-refractivity contribution in [1.82, 2.24) is 9.71 Å². The number of halogens is 2. The minimum Gasteiger partial charge on any atom is -0.384 e. The highest BCUT2D eigenvalue weighted by Gasteiger charge is 2.15. The highest BCUT2D eigenvalue weighted by molar-refractivity contribution is 9.10. The Hall–Kier alpha value is -0.0200. The summed E-state index contributed by atoms with van der Waals surface area (Å²) in [6, 6.07) is 1.51. The lowest BCUT2D eigenvalue weighted by Gasteiger charge is -2.10. The molecular weight excluding hydrogens is 388 g/mol. The van der Waals surface area contributed by atoms with Gasteiger partial charge in [0.15, 0.2) is 0 Å². The van der Waals surface area contributed by atoms with E-state index < -0.39 is 10.0 Å². The normalized spacial score (nSPS) is 13.5. The number of nitrogens with one attached hydrogen (secondary N) is 1. The zero-order valence-electron chi connectivity index (χ0n) is 9.77. The van der Waals surface area contributed by atoms with Gasteiger partial charge in [-0.2, -0.15) is 0 Å². The van der Waals surface area contributed by atoms with Gasteiger partial charge < -0.3 is 4.74 Å². The summed E-state index contributed by atoms with van der Waals surface area (Å²) >= 11 is 6.58. The van der Waals surface area contributed by atoms with Gasteiger partial charge in [0.1, 0.15) is 4.90 Å². The number of hydrogen-bond donors (Lipinski definition) is 1. The first kappa shape index (κ1) is 16.0. The van der Waals surface area contributed by atoms with Crippen LogP contribution in [0.1, 0.15) is 6.42 Å². The lowest BCUT2D eigenvalue weighted by molar-refractivity contribution is 0.199. The second kappa shape index (κ2) is 7.54. The third kappa shape index (κ3) is 5.31. The number of nitrogens with zero attached hydrogens (tertiary/aromatic N) is 1. The molecule has 0 aliphatic heterocycles. The molecule has 0 aliphatic carbocycles. The number of ether oxygens (including phenoxy) is 1. The number of pyridine rings is 1. The SMILES string of the molecule is COCC(Br)CCNS(=O)(=O)c1cncc(Br)c1. The molecule has 0 aromatic carbocycles. The topological polar surface area (TPSA) is 68.3 Å². The van der Waals surface area contributed by atoms with Gasteiger partial charge in [0.25, 0.3) is 0 Å². The Kier molecular flexibility index (Phi) is 6.72. The van der Waals surface area contributed by atoms with Gasteiger partial charge in [-0.05, 0) is 28.4 Å². The number of alkyl halides is 1. The first-order valence-corrected chi connectivity index (χ1v) is 8.38. The van der Waals surface area contributed by atoms with Crippen LogP contribution >= 0.6 is 31.9 Å². The zero-order valence-corrected chi connectivity index (χ0v) is 13.8. The van der Waals surface area contributed by atoms with Gasteiger partial charge in [-0.25, -0.2) is 13.1 Å². The number of aromatic nitrogens is 1. The van der Waals surface area contributed by atoms with Gasteiger partial charge in [0.05, 0.1) is 6.61 Å². The summed E-state index contributed by atoms with van der Waals surface area (Å²) < 4.78 is 31.9. The molecule has 1 unspecified atom stereocenters. The average molecular weight is 402 g/mol. The molecule has 1 atom stereocenters. The largest absolute Gasteiger partial charge is 0.384 e. The third-order valence-electron chi connectivity index (χ3n) is 2.09.